The molecule has 0 amide bonds. The van der Waals surface area contributed by atoms with Crippen LogP contribution in [0.25, 0.3) is 0 Å². The minimum Gasteiger partial charge on any atom is -0.466 e. The lowest BCUT2D eigenvalue weighted by Crippen LogP contribution is -2.30. The number of nitrogens with one attached hydrogen (secondary N) is 1. The Hall–Kier alpha value is -2.28. The monoisotopic (exact) mass is 629 g/mol. The SMILES string of the molecule is CCC(=O)OCCCCOC(=O)CCN(CCCCCO)CCC(=O)OCCCCOC(=O)CCNCCCN1CCCC1. The van der Waals surface area contributed by atoms with Crippen molar-refractivity contribution >= 4 is 23.9 Å². The summed E-state index contributed by atoms with van der Waals surface area (Å²) >= 11 is 0. The summed E-state index contributed by atoms with van der Waals surface area (Å²) in [5, 5.41) is 12.3. The van der Waals surface area contributed by atoms with Gasteiger partial charge >= 0.3 is 23.9 Å². The second-order valence-corrected chi connectivity index (χ2v) is 11.2. The van der Waals surface area contributed by atoms with Crippen LogP contribution in [0.4, 0.5) is 0 Å². The summed E-state index contributed by atoms with van der Waals surface area (Å²) in [7, 11) is 0. The molecule has 0 aromatic carbocycles. The van der Waals surface area contributed by atoms with E-state index in [1.165, 1.54) is 25.9 Å². The lowest BCUT2D eigenvalue weighted by molar-refractivity contribution is -0.146. The molecular formula is C32H59N3O9. The number of aliphatic hydroxyl groups is 1. The van der Waals surface area contributed by atoms with Crippen LogP contribution in [0.2, 0.25) is 0 Å². The summed E-state index contributed by atoms with van der Waals surface area (Å²) in [4.78, 5) is 51.9. The highest BCUT2D eigenvalue weighted by Gasteiger charge is 2.13. The Labute approximate surface area is 264 Å². The van der Waals surface area contributed by atoms with Crippen LogP contribution in [-0.4, -0.2) is 124 Å². The minimum atomic E-state index is -0.302. The number of ether oxygens (including phenoxy) is 4. The molecule has 0 aliphatic carbocycles. The fraction of sp³-hybridized carbons (Fsp3) is 0.875. The van der Waals surface area contributed by atoms with Gasteiger partial charge in [-0.3, -0.25) is 19.2 Å². The van der Waals surface area contributed by atoms with E-state index in [4.69, 9.17) is 24.1 Å². The number of carbonyl (C=O) groups is 4. The molecule has 0 radical (unpaired) electrons. The highest BCUT2D eigenvalue weighted by Crippen LogP contribution is 2.07. The minimum absolute atomic E-state index is 0.145. The molecule has 1 saturated heterocycles. The number of carbonyl (C=O) groups excluding carboxylic acids is 4. The van der Waals surface area contributed by atoms with E-state index < -0.39 is 0 Å². The largest absolute Gasteiger partial charge is 0.466 e. The fourth-order valence-electron chi connectivity index (χ4n) is 4.68. The quantitative estimate of drug-likeness (QED) is 0.0713. The van der Waals surface area contributed by atoms with Gasteiger partial charge in [-0.2, -0.15) is 0 Å². The lowest BCUT2D eigenvalue weighted by Gasteiger charge is -2.21. The molecule has 1 rings (SSSR count). The first-order valence-electron chi connectivity index (χ1n) is 16.8. The zero-order valence-corrected chi connectivity index (χ0v) is 27.2. The zero-order valence-electron chi connectivity index (χ0n) is 27.2. The summed E-state index contributed by atoms with van der Waals surface area (Å²) < 4.78 is 20.9. The van der Waals surface area contributed by atoms with Crippen molar-refractivity contribution in [2.45, 2.75) is 96.8 Å². The summed E-state index contributed by atoms with van der Waals surface area (Å²) in [6, 6.07) is 0. The van der Waals surface area contributed by atoms with Crippen LogP contribution < -0.4 is 5.32 Å². The number of aliphatic hydroxyl groups excluding tert-OH is 1. The summed E-state index contributed by atoms with van der Waals surface area (Å²) in [6.45, 7) is 9.79. The fourth-order valence-corrected chi connectivity index (χ4v) is 4.68. The summed E-state index contributed by atoms with van der Waals surface area (Å²) in [5.74, 6) is -1.06. The Morgan fingerprint density at radius 1 is 0.636 bits per heavy atom. The van der Waals surface area contributed by atoms with Gasteiger partial charge in [0, 0.05) is 32.7 Å². The van der Waals surface area contributed by atoms with E-state index in [1.807, 2.05) is 4.90 Å². The van der Waals surface area contributed by atoms with E-state index in [9.17, 15) is 19.2 Å². The molecule has 1 aliphatic heterocycles. The Morgan fingerprint density at radius 2 is 1.16 bits per heavy atom. The molecule has 12 nitrogen and oxygen atoms in total. The number of nitrogens with zero attached hydrogens (tertiary/aromatic N) is 2. The van der Waals surface area contributed by atoms with Crippen LogP contribution >= 0.6 is 0 Å². The molecule has 256 valence electrons. The van der Waals surface area contributed by atoms with Crippen molar-refractivity contribution in [3.63, 3.8) is 0 Å². The van der Waals surface area contributed by atoms with Crippen molar-refractivity contribution in [2.75, 3.05) is 85.4 Å². The Bertz CT molecular complexity index is 763. The highest BCUT2D eigenvalue weighted by atomic mass is 16.5. The van der Waals surface area contributed by atoms with Gasteiger partial charge in [0.1, 0.15) is 0 Å². The third-order valence-corrected chi connectivity index (χ3v) is 7.35. The average Bonchev–Trinajstić information content (AvgIpc) is 3.54. The lowest BCUT2D eigenvalue weighted by atomic mass is 10.2. The van der Waals surface area contributed by atoms with Gasteiger partial charge in [0.15, 0.2) is 0 Å². The molecule has 1 fully saturated rings. The van der Waals surface area contributed by atoms with Gasteiger partial charge in [-0.05, 0) is 96.9 Å². The van der Waals surface area contributed by atoms with Crippen molar-refractivity contribution in [1.82, 2.24) is 15.1 Å². The van der Waals surface area contributed by atoms with E-state index in [2.05, 4.69) is 10.2 Å². The first-order chi connectivity index (χ1) is 21.4. The molecule has 1 aliphatic rings. The van der Waals surface area contributed by atoms with Gasteiger partial charge in [0.05, 0.1) is 45.7 Å². The van der Waals surface area contributed by atoms with Crippen molar-refractivity contribution in [1.29, 1.82) is 0 Å². The molecule has 0 saturated carbocycles. The standard InChI is InChI=1S/C32H59N3O9/c1-2-29(37)41-25-8-9-27-43-31(39)14-22-35(18-4-3-7-24-36)23-15-32(40)44-28-11-10-26-42-30(38)13-17-33-16-12-21-34-19-5-6-20-34/h33,36H,2-28H2,1H3. The molecule has 0 spiro atoms. The molecule has 2 N–H and O–H groups in total. The van der Waals surface area contributed by atoms with Crippen LogP contribution in [0, 0.1) is 0 Å². The number of hydrogen-bond acceptors (Lipinski definition) is 12. The molecule has 44 heavy (non-hydrogen) atoms. The van der Waals surface area contributed by atoms with Crippen molar-refractivity contribution in [3.8, 4) is 0 Å². The number of unbranched alkanes of at least 4 members (excludes halogenated alkanes) is 4. The van der Waals surface area contributed by atoms with Crippen LogP contribution in [-0.2, 0) is 38.1 Å². The van der Waals surface area contributed by atoms with Crippen LogP contribution in [0.3, 0.4) is 0 Å². The molecule has 0 aromatic heterocycles. The molecule has 0 unspecified atom stereocenters. The van der Waals surface area contributed by atoms with E-state index >= 15 is 0 Å². The summed E-state index contributed by atoms with van der Waals surface area (Å²) in [6.07, 6.45) is 9.78. The first-order valence-corrected chi connectivity index (χ1v) is 16.8. The van der Waals surface area contributed by atoms with Gasteiger partial charge in [0.25, 0.3) is 0 Å². The predicted octanol–water partition coefficient (Wildman–Crippen LogP) is 2.84. The normalized spacial score (nSPS) is 13.2. The van der Waals surface area contributed by atoms with E-state index in [0.717, 1.165) is 38.8 Å². The average molecular weight is 630 g/mol. The summed E-state index contributed by atoms with van der Waals surface area (Å²) in [5.41, 5.74) is 0. The second kappa shape index (κ2) is 28.2. The third kappa shape index (κ3) is 24.1. The molecular weight excluding hydrogens is 570 g/mol. The van der Waals surface area contributed by atoms with E-state index in [-0.39, 0.29) is 56.5 Å². The maximum absolute atomic E-state index is 12.3. The highest BCUT2D eigenvalue weighted by molar-refractivity contribution is 5.70. The van der Waals surface area contributed by atoms with Crippen LogP contribution in [0.15, 0.2) is 0 Å². The first kappa shape index (κ1) is 39.7. The molecule has 0 aromatic rings. The Morgan fingerprint density at radius 3 is 1.68 bits per heavy atom. The van der Waals surface area contributed by atoms with Gasteiger partial charge in [0.2, 0.25) is 0 Å². The number of hydrogen-bond donors (Lipinski definition) is 2. The Kier molecular flexibility index (Phi) is 25.5. The van der Waals surface area contributed by atoms with Gasteiger partial charge in [-0.15, -0.1) is 0 Å². The molecule has 12 heteroatoms. The van der Waals surface area contributed by atoms with Crippen molar-refractivity contribution < 1.29 is 43.2 Å². The van der Waals surface area contributed by atoms with Gasteiger partial charge < -0.3 is 39.2 Å². The van der Waals surface area contributed by atoms with Crippen LogP contribution in [0.1, 0.15) is 96.8 Å². The second-order valence-electron chi connectivity index (χ2n) is 11.2. The van der Waals surface area contributed by atoms with Crippen molar-refractivity contribution in [2.24, 2.45) is 0 Å². The molecule has 0 atom stereocenters. The van der Waals surface area contributed by atoms with E-state index in [1.54, 1.807) is 6.92 Å². The zero-order chi connectivity index (χ0) is 32.1. The topological polar surface area (TPSA) is 144 Å². The molecule has 0 bridgehead atoms. The van der Waals surface area contributed by atoms with Gasteiger partial charge in [-0.25, -0.2) is 0 Å². The third-order valence-electron chi connectivity index (χ3n) is 7.35. The number of rotatable bonds is 29. The van der Waals surface area contributed by atoms with Crippen LogP contribution in [0.5, 0.6) is 0 Å². The molecule has 1 heterocycles. The maximum atomic E-state index is 12.3. The van der Waals surface area contributed by atoms with Gasteiger partial charge in [-0.1, -0.05) is 6.92 Å². The number of esters is 4. The van der Waals surface area contributed by atoms with E-state index in [0.29, 0.717) is 77.9 Å². The smallest absolute Gasteiger partial charge is 0.307 e. The van der Waals surface area contributed by atoms with Crippen molar-refractivity contribution in [3.05, 3.63) is 0 Å². The predicted molar refractivity (Wildman–Crippen MR) is 167 cm³/mol. The Balaban J connectivity index is 2.08. The maximum Gasteiger partial charge on any atom is 0.307 e. The number of likely N-dealkylation sites (tertiary alicyclic amines) is 1.